The van der Waals surface area contributed by atoms with E-state index < -0.39 is 5.91 Å². The molecule has 0 aromatic heterocycles. The van der Waals surface area contributed by atoms with Crippen molar-refractivity contribution in [2.24, 2.45) is 0 Å². The first-order valence-electron chi connectivity index (χ1n) is 5.78. The maximum absolute atomic E-state index is 11.6. The van der Waals surface area contributed by atoms with Gasteiger partial charge in [-0.25, -0.2) is 0 Å². The van der Waals surface area contributed by atoms with Crippen molar-refractivity contribution in [3.8, 4) is 0 Å². The molecule has 0 spiro atoms. The Morgan fingerprint density at radius 1 is 1.06 bits per heavy atom. The highest BCUT2D eigenvalue weighted by Gasteiger charge is 2.02. The summed E-state index contributed by atoms with van der Waals surface area (Å²) in [5.41, 5.74) is 7.39. The van der Waals surface area contributed by atoms with E-state index in [2.05, 4.69) is 5.32 Å². The zero-order valence-electron chi connectivity index (χ0n) is 9.74. The minimum absolute atomic E-state index is 0.0674. The van der Waals surface area contributed by atoms with E-state index in [0.717, 1.165) is 19.3 Å². The van der Waals surface area contributed by atoms with Gasteiger partial charge in [0.1, 0.15) is 0 Å². The van der Waals surface area contributed by atoms with Gasteiger partial charge in [-0.1, -0.05) is 24.6 Å². The van der Waals surface area contributed by atoms with E-state index >= 15 is 0 Å². The van der Waals surface area contributed by atoms with Gasteiger partial charge in [0, 0.05) is 18.5 Å². The molecule has 0 fully saturated rings. The number of carbonyl (C=O) groups is 2. The first-order chi connectivity index (χ1) is 8.20. The Morgan fingerprint density at radius 2 is 1.76 bits per heavy atom. The first kappa shape index (κ1) is 13.2. The van der Waals surface area contributed by atoms with Gasteiger partial charge in [0.2, 0.25) is 5.91 Å². The highest BCUT2D eigenvalue weighted by atomic mass is 16.1. The fourth-order valence-corrected chi connectivity index (χ4v) is 1.48. The summed E-state index contributed by atoms with van der Waals surface area (Å²) in [6, 6.07) is 9.07. The molecule has 2 N–H and O–H groups in total. The molecule has 4 nitrogen and oxygen atoms in total. The number of benzene rings is 1. The third-order valence-electron chi connectivity index (χ3n) is 2.40. The molecule has 0 aliphatic rings. The molecule has 2 amide bonds. The van der Waals surface area contributed by atoms with E-state index in [9.17, 15) is 9.59 Å². The summed E-state index contributed by atoms with van der Waals surface area (Å²) in [5, 5.41) is 2.82. The molecule has 1 radical (unpaired) electrons. The summed E-state index contributed by atoms with van der Waals surface area (Å²) in [6.07, 6.45) is 2.74. The van der Waals surface area contributed by atoms with Crippen LogP contribution in [0.5, 0.6) is 0 Å². The first-order valence-corrected chi connectivity index (χ1v) is 5.78. The lowest BCUT2D eigenvalue weighted by molar-refractivity contribution is -0.118. The smallest absolute Gasteiger partial charge is 0.251 e. The molecular weight excluding hydrogens is 216 g/mol. The van der Waals surface area contributed by atoms with Crippen LogP contribution in [-0.4, -0.2) is 18.4 Å². The van der Waals surface area contributed by atoms with Crippen LogP contribution in [0.15, 0.2) is 30.3 Å². The predicted octanol–water partition coefficient (Wildman–Crippen LogP) is 1.79. The van der Waals surface area contributed by atoms with E-state index in [0.29, 0.717) is 18.5 Å². The average molecular weight is 233 g/mol. The molecule has 0 bridgehead atoms. The van der Waals surface area contributed by atoms with Crippen LogP contribution in [0.4, 0.5) is 0 Å². The molecule has 1 aromatic carbocycles. The monoisotopic (exact) mass is 233 g/mol. The van der Waals surface area contributed by atoms with Crippen LogP contribution in [0, 0.1) is 0 Å². The Balaban J connectivity index is 2.11. The average Bonchev–Trinajstić information content (AvgIpc) is 2.34. The SMILES string of the molecule is [NH]C(=O)CCCCCNC(=O)c1ccccc1. The molecule has 0 aliphatic carbocycles. The van der Waals surface area contributed by atoms with Crippen LogP contribution < -0.4 is 11.1 Å². The number of hydrogen-bond acceptors (Lipinski definition) is 2. The van der Waals surface area contributed by atoms with Gasteiger partial charge in [0.05, 0.1) is 0 Å². The summed E-state index contributed by atoms with van der Waals surface area (Å²) in [7, 11) is 0. The van der Waals surface area contributed by atoms with E-state index in [4.69, 9.17) is 5.73 Å². The molecule has 0 unspecified atom stereocenters. The summed E-state index contributed by atoms with van der Waals surface area (Å²) < 4.78 is 0. The summed E-state index contributed by atoms with van der Waals surface area (Å²) >= 11 is 0. The number of carbonyl (C=O) groups excluding carboxylic acids is 2. The minimum Gasteiger partial charge on any atom is -0.352 e. The number of amides is 2. The van der Waals surface area contributed by atoms with Gasteiger partial charge in [-0.05, 0) is 25.0 Å². The van der Waals surface area contributed by atoms with Crippen molar-refractivity contribution in [1.29, 1.82) is 0 Å². The Morgan fingerprint density at radius 3 is 2.41 bits per heavy atom. The Labute approximate surface area is 101 Å². The van der Waals surface area contributed by atoms with Gasteiger partial charge in [-0.15, -0.1) is 0 Å². The van der Waals surface area contributed by atoms with Gasteiger partial charge in [0.25, 0.3) is 5.91 Å². The van der Waals surface area contributed by atoms with Crippen molar-refractivity contribution >= 4 is 11.8 Å². The minimum atomic E-state index is -0.515. The third-order valence-corrected chi connectivity index (χ3v) is 2.40. The molecule has 91 valence electrons. The molecule has 0 atom stereocenters. The van der Waals surface area contributed by atoms with Crippen LogP contribution in [0.2, 0.25) is 0 Å². The van der Waals surface area contributed by atoms with Gasteiger partial charge in [-0.2, -0.15) is 0 Å². The van der Waals surface area contributed by atoms with Crippen molar-refractivity contribution in [1.82, 2.24) is 11.1 Å². The van der Waals surface area contributed by atoms with Crippen LogP contribution in [0.3, 0.4) is 0 Å². The van der Waals surface area contributed by atoms with Gasteiger partial charge in [0.15, 0.2) is 0 Å². The fraction of sp³-hybridized carbons (Fsp3) is 0.385. The third kappa shape index (κ3) is 5.70. The van der Waals surface area contributed by atoms with E-state index in [1.807, 2.05) is 18.2 Å². The van der Waals surface area contributed by atoms with Crippen molar-refractivity contribution < 1.29 is 9.59 Å². The molecule has 0 aliphatic heterocycles. The van der Waals surface area contributed by atoms with Crippen LogP contribution in [0.1, 0.15) is 36.0 Å². The second-order valence-electron chi connectivity index (χ2n) is 3.86. The number of nitrogens with one attached hydrogen (secondary N) is 2. The second kappa shape index (κ2) is 7.44. The molecule has 4 heteroatoms. The predicted molar refractivity (Wildman–Crippen MR) is 65.3 cm³/mol. The van der Waals surface area contributed by atoms with Crippen molar-refractivity contribution in [3.05, 3.63) is 35.9 Å². The van der Waals surface area contributed by atoms with Crippen LogP contribution >= 0.6 is 0 Å². The molecule has 0 saturated carbocycles. The van der Waals surface area contributed by atoms with Crippen LogP contribution in [-0.2, 0) is 4.79 Å². The number of hydrogen-bond donors (Lipinski definition) is 1. The largest absolute Gasteiger partial charge is 0.352 e. The zero-order chi connectivity index (χ0) is 12.5. The normalized spacial score (nSPS) is 9.88. The van der Waals surface area contributed by atoms with E-state index in [1.165, 1.54) is 0 Å². The van der Waals surface area contributed by atoms with Crippen molar-refractivity contribution in [2.75, 3.05) is 6.54 Å². The maximum Gasteiger partial charge on any atom is 0.251 e. The fourth-order valence-electron chi connectivity index (χ4n) is 1.48. The topological polar surface area (TPSA) is 70.0 Å². The molecule has 1 rings (SSSR count). The molecule has 17 heavy (non-hydrogen) atoms. The zero-order valence-corrected chi connectivity index (χ0v) is 9.74. The number of rotatable bonds is 7. The maximum atomic E-state index is 11.6. The summed E-state index contributed by atoms with van der Waals surface area (Å²) in [6.45, 7) is 0.611. The van der Waals surface area contributed by atoms with Crippen molar-refractivity contribution in [3.63, 3.8) is 0 Å². The molecular formula is C13H17N2O2. The molecule has 1 aromatic rings. The van der Waals surface area contributed by atoms with E-state index in [-0.39, 0.29) is 5.91 Å². The Kier molecular flexibility index (Phi) is 5.79. The Hall–Kier alpha value is -1.84. The van der Waals surface area contributed by atoms with Crippen molar-refractivity contribution in [2.45, 2.75) is 25.7 Å². The number of unbranched alkanes of at least 4 members (excludes halogenated alkanes) is 2. The standard InChI is InChI=1S/C13H17N2O2/c14-12(16)9-5-2-6-10-15-13(17)11-7-3-1-4-8-11/h1,3-4,7-8,14H,2,5-6,9-10H2,(H,15,17). The quantitative estimate of drug-likeness (QED) is 0.729. The molecule has 0 saturated heterocycles. The summed E-state index contributed by atoms with van der Waals surface area (Å²) in [5.74, 6) is -0.583. The highest BCUT2D eigenvalue weighted by molar-refractivity contribution is 5.94. The molecule has 0 heterocycles. The lowest BCUT2D eigenvalue weighted by atomic mass is 10.2. The highest BCUT2D eigenvalue weighted by Crippen LogP contribution is 2.00. The van der Waals surface area contributed by atoms with Gasteiger partial charge < -0.3 is 5.32 Å². The van der Waals surface area contributed by atoms with Gasteiger partial charge >= 0.3 is 0 Å². The van der Waals surface area contributed by atoms with E-state index in [1.54, 1.807) is 12.1 Å². The summed E-state index contributed by atoms with van der Waals surface area (Å²) in [4.78, 5) is 22.0. The second-order valence-corrected chi connectivity index (χ2v) is 3.86. The lowest BCUT2D eigenvalue weighted by Gasteiger charge is -2.04. The Bertz CT molecular complexity index is 363. The van der Waals surface area contributed by atoms with Gasteiger partial charge in [-0.3, -0.25) is 15.3 Å². The van der Waals surface area contributed by atoms with Crippen LogP contribution in [0.25, 0.3) is 0 Å². The lowest BCUT2D eigenvalue weighted by Crippen LogP contribution is -2.24.